The van der Waals surface area contributed by atoms with Gasteiger partial charge in [0.1, 0.15) is 17.3 Å². The van der Waals surface area contributed by atoms with E-state index >= 15 is 0 Å². The topological polar surface area (TPSA) is 30.7 Å². The van der Waals surface area contributed by atoms with Gasteiger partial charge in [-0.05, 0) is 48.0 Å². The number of amidine groups is 1. The van der Waals surface area contributed by atoms with E-state index in [1.165, 1.54) is 12.1 Å². The fourth-order valence-corrected chi connectivity index (χ4v) is 4.59. The number of rotatable bonds is 5. The molecule has 33 heavy (non-hydrogen) atoms. The lowest BCUT2D eigenvalue weighted by Gasteiger charge is -2.36. The highest BCUT2D eigenvalue weighted by molar-refractivity contribution is 6.74. The van der Waals surface area contributed by atoms with Crippen molar-refractivity contribution in [3.05, 3.63) is 83.2 Å². The van der Waals surface area contributed by atoms with E-state index in [4.69, 9.17) is 4.43 Å². The lowest BCUT2D eigenvalue weighted by Crippen LogP contribution is -2.44. The Bertz CT molecular complexity index is 1160. The predicted molar refractivity (Wildman–Crippen MR) is 133 cm³/mol. The molecule has 0 unspecified atom stereocenters. The van der Waals surface area contributed by atoms with E-state index in [1.54, 1.807) is 0 Å². The molecule has 4 rings (SSSR count). The lowest BCUT2D eigenvalue weighted by atomic mass is 10.1. The van der Waals surface area contributed by atoms with Gasteiger partial charge in [-0.1, -0.05) is 37.8 Å². The second kappa shape index (κ2) is 8.63. The molecule has 0 aromatic heterocycles. The quantitative estimate of drug-likeness (QED) is 0.361. The first kappa shape index (κ1) is 23.5. The average Bonchev–Trinajstić information content (AvgIpc) is 3.07. The average molecular weight is 468 g/mol. The van der Waals surface area contributed by atoms with Crippen molar-refractivity contribution in [2.24, 2.45) is 4.99 Å². The molecule has 2 aliphatic rings. The first-order valence-electron chi connectivity index (χ1n) is 11.2. The highest BCUT2D eigenvalue weighted by atomic mass is 28.4. The van der Waals surface area contributed by atoms with E-state index in [0.29, 0.717) is 24.5 Å². The molecule has 2 aromatic carbocycles. The maximum absolute atomic E-state index is 14.4. The monoisotopic (exact) mass is 467 g/mol. The number of hydrogen-bond donors (Lipinski definition) is 0. The van der Waals surface area contributed by atoms with Crippen LogP contribution in [0.4, 0.5) is 14.5 Å². The standard InChI is InChI=1S/C26H31F2N3OSi/c1-18-25(22-11-10-20(27)15-23(22)28)29-24-12-13-30(17-31(18)24)21-9-7-8-19(14-21)16-32-33(5,6)26(2,3)4/h7-15H,16-17H2,1-6H3/q+1. The largest absolute Gasteiger partial charge is 0.413 e. The summed E-state index contributed by atoms with van der Waals surface area (Å²) >= 11 is 0. The molecule has 0 spiro atoms. The number of fused-ring (bicyclic) bond motifs is 1. The van der Waals surface area contributed by atoms with Crippen molar-refractivity contribution in [2.75, 3.05) is 11.6 Å². The minimum Gasteiger partial charge on any atom is -0.413 e. The van der Waals surface area contributed by atoms with Crippen molar-refractivity contribution in [1.29, 1.82) is 0 Å². The molecule has 7 heteroatoms. The first-order chi connectivity index (χ1) is 15.5. The number of hydrogen-bond acceptors (Lipinski definition) is 4. The summed E-state index contributed by atoms with van der Waals surface area (Å²) in [5.41, 5.74) is 3.86. The van der Waals surface area contributed by atoms with Gasteiger partial charge >= 0.3 is 0 Å². The van der Waals surface area contributed by atoms with Crippen molar-refractivity contribution in [2.45, 2.75) is 52.4 Å². The molecule has 0 atom stereocenters. The summed E-state index contributed by atoms with van der Waals surface area (Å²) in [6, 6.07) is 12.0. The third-order valence-corrected chi connectivity index (χ3v) is 11.3. The number of aliphatic imine (C=N–C) groups is 1. The summed E-state index contributed by atoms with van der Waals surface area (Å²) in [5, 5.41) is 0.164. The molecule has 0 N–H and O–H groups in total. The van der Waals surface area contributed by atoms with Crippen LogP contribution in [0.2, 0.25) is 18.1 Å². The van der Waals surface area contributed by atoms with Crippen molar-refractivity contribution in [3.8, 4) is 0 Å². The minimum absolute atomic E-state index is 0.164. The molecule has 173 valence electrons. The number of anilines is 1. The summed E-state index contributed by atoms with van der Waals surface area (Å²) < 4.78 is 34.1. The minimum atomic E-state index is -1.83. The Hall–Kier alpha value is -2.61. The van der Waals surface area contributed by atoms with Crippen LogP contribution in [0, 0.1) is 11.6 Å². The highest BCUT2D eigenvalue weighted by Gasteiger charge is 2.40. The summed E-state index contributed by atoms with van der Waals surface area (Å²) in [4.78, 5) is 8.77. The number of halogens is 2. The first-order valence-corrected chi connectivity index (χ1v) is 14.1. The van der Waals surface area contributed by atoms with Gasteiger partial charge in [-0.3, -0.25) is 4.90 Å². The maximum Gasteiger partial charge on any atom is 0.285 e. The van der Waals surface area contributed by atoms with E-state index in [-0.39, 0.29) is 5.04 Å². The zero-order valence-electron chi connectivity index (χ0n) is 20.1. The normalized spacial score (nSPS) is 17.0. The van der Waals surface area contributed by atoms with Crippen molar-refractivity contribution < 1.29 is 13.2 Å². The molecular formula is C26H31F2N3OSi+. The fraction of sp³-hybridized carbons (Fsp3) is 0.346. The second-order valence-electron chi connectivity index (χ2n) is 10.1. The van der Waals surface area contributed by atoms with E-state index in [2.05, 4.69) is 62.0 Å². The Morgan fingerprint density at radius 2 is 1.88 bits per heavy atom. The molecule has 4 nitrogen and oxygen atoms in total. The van der Waals surface area contributed by atoms with Crippen molar-refractivity contribution in [3.63, 3.8) is 0 Å². The zero-order chi connectivity index (χ0) is 24.0. The van der Waals surface area contributed by atoms with Crippen molar-refractivity contribution >= 4 is 25.5 Å². The van der Waals surface area contributed by atoms with Crippen LogP contribution in [0.1, 0.15) is 38.8 Å². The Morgan fingerprint density at radius 3 is 2.58 bits per heavy atom. The third kappa shape index (κ3) is 4.71. The van der Waals surface area contributed by atoms with Gasteiger partial charge in [-0.2, -0.15) is 4.99 Å². The molecule has 0 amide bonds. The second-order valence-corrected chi connectivity index (χ2v) is 14.9. The van der Waals surface area contributed by atoms with Gasteiger partial charge in [0.05, 0.1) is 6.61 Å². The molecule has 0 bridgehead atoms. The number of nitrogens with zero attached hydrogens (tertiary/aromatic N) is 3. The highest BCUT2D eigenvalue weighted by Crippen LogP contribution is 2.37. The summed E-state index contributed by atoms with van der Waals surface area (Å²) in [6.45, 7) is 14.3. The molecular weight excluding hydrogens is 436 g/mol. The third-order valence-electron chi connectivity index (χ3n) is 6.78. The molecule has 2 heterocycles. The Balaban J connectivity index is 1.52. The van der Waals surface area contributed by atoms with Crippen molar-refractivity contribution in [1.82, 2.24) is 4.90 Å². The fourth-order valence-electron chi connectivity index (χ4n) is 3.63. The van der Waals surface area contributed by atoms with E-state index in [9.17, 15) is 8.78 Å². The van der Waals surface area contributed by atoms with E-state index in [1.807, 2.05) is 30.2 Å². The summed E-state index contributed by atoms with van der Waals surface area (Å²) in [6.07, 6.45) is 3.90. The van der Waals surface area contributed by atoms with E-state index in [0.717, 1.165) is 28.8 Å². The van der Waals surface area contributed by atoms with Gasteiger partial charge in [0.15, 0.2) is 14.0 Å². The van der Waals surface area contributed by atoms with Gasteiger partial charge < -0.3 is 4.43 Å². The molecule has 2 aliphatic heterocycles. The lowest BCUT2D eigenvalue weighted by molar-refractivity contribution is 0.276. The van der Waals surface area contributed by atoms with Gasteiger partial charge in [-0.25, -0.2) is 8.78 Å². The number of benzene rings is 2. The molecule has 0 aliphatic carbocycles. The van der Waals surface area contributed by atoms with Crippen LogP contribution in [0.3, 0.4) is 0 Å². The number of allylic oxidation sites excluding steroid dienone is 1. The smallest absolute Gasteiger partial charge is 0.285 e. The molecule has 2 aromatic rings. The summed E-state index contributed by atoms with van der Waals surface area (Å²) in [5.74, 6) is -0.454. The van der Waals surface area contributed by atoms with Crippen LogP contribution >= 0.6 is 0 Å². The van der Waals surface area contributed by atoms with Crippen LogP contribution in [0.5, 0.6) is 0 Å². The van der Waals surface area contributed by atoms with E-state index < -0.39 is 20.0 Å². The molecule has 0 saturated carbocycles. The van der Waals surface area contributed by atoms with Gasteiger partial charge in [0.2, 0.25) is 6.67 Å². The van der Waals surface area contributed by atoms with Crippen LogP contribution < -0.4 is 9.80 Å². The zero-order valence-corrected chi connectivity index (χ0v) is 21.1. The predicted octanol–water partition coefficient (Wildman–Crippen LogP) is 6.72. The van der Waals surface area contributed by atoms with Gasteiger partial charge in [-0.15, -0.1) is 0 Å². The van der Waals surface area contributed by atoms with Crippen LogP contribution in [-0.4, -0.2) is 20.8 Å². The van der Waals surface area contributed by atoms with Gasteiger partial charge in [0.25, 0.3) is 5.84 Å². The van der Waals surface area contributed by atoms with Crippen LogP contribution in [-0.2, 0) is 11.0 Å². The SMILES string of the molecule is CC1=C(c2ccc(F)cc2F)N=C2C=CN(c3cccc(CO[Si](C)(C)C(C)(C)C)c3)C[N+]21. The van der Waals surface area contributed by atoms with Crippen LogP contribution in [0.15, 0.2) is 65.4 Å². The molecule has 1 radical (unpaired) electrons. The maximum atomic E-state index is 14.4. The Morgan fingerprint density at radius 1 is 1.12 bits per heavy atom. The van der Waals surface area contributed by atoms with Crippen LogP contribution in [0.25, 0.3) is 5.70 Å². The Kier molecular flexibility index (Phi) is 6.16. The molecule has 0 saturated heterocycles. The summed E-state index contributed by atoms with van der Waals surface area (Å²) in [7, 11) is -1.83. The Labute approximate surface area is 196 Å². The molecule has 0 fully saturated rings. The van der Waals surface area contributed by atoms with Gasteiger partial charge in [0, 0.05) is 36.5 Å².